The van der Waals surface area contributed by atoms with E-state index in [0.29, 0.717) is 6.61 Å². The minimum Gasteiger partial charge on any atom is -0.466 e. The molecule has 3 nitrogen and oxygen atoms in total. The summed E-state index contributed by atoms with van der Waals surface area (Å²) in [6.45, 7) is 12.2. The van der Waals surface area contributed by atoms with Gasteiger partial charge in [-0.3, -0.25) is 9.59 Å². The molecule has 1 aromatic carbocycles. The van der Waals surface area contributed by atoms with E-state index in [4.69, 9.17) is 4.74 Å². The second kappa shape index (κ2) is 6.69. The highest BCUT2D eigenvalue weighted by Gasteiger charge is 2.18. The van der Waals surface area contributed by atoms with Gasteiger partial charge < -0.3 is 4.74 Å². The van der Waals surface area contributed by atoms with Gasteiger partial charge in [0.05, 0.1) is 13.0 Å². The first-order chi connectivity index (χ1) is 9.31. The molecule has 0 amide bonds. The lowest BCUT2D eigenvalue weighted by Crippen LogP contribution is -2.12. The SMILES string of the molecule is CCOC(=O)CCC(=O)c1c(C)c(C)c(C)c(C)c1C. The first-order valence-corrected chi connectivity index (χ1v) is 7.07. The maximum absolute atomic E-state index is 12.4. The van der Waals surface area contributed by atoms with Crippen molar-refractivity contribution in [1.82, 2.24) is 0 Å². The van der Waals surface area contributed by atoms with Crippen LogP contribution in [-0.4, -0.2) is 18.4 Å². The average Bonchev–Trinajstić information content (AvgIpc) is 2.41. The molecular formula is C17H24O3. The van der Waals surface area contributed by atoms with Crippen LogP contribution >= 0.6 is 0 Å². The van der Waals surface area contributed by atoms with E-state index in [1.807, 2.05) is 27.7 Å². The van der Waals surface area contributed by atoms with E-state index in [0.717, 1.165) is 27.8 Å². The van der Waals surface area contributed by atoms with Crippen LogP contribution in [0.3, 0.4) is 0 Å². The van der Waals surface area contributed by atoms with Crippen molar-refractivity contribution < 1.29 is 14.3 Å². The number of rotatable bonds is 5. The standard InChI is InChI=1S/C17H24O3/c1-7-20-16(19)9-8-15(18)17-13(5)11(3)10(2)12(4)14(17)6/h7-9H2,1-6H3. The summed E-state index contributed by atoms with van der Waals surface area (Å²) in [7, 11) is 0. The van der Waals surface area contributed by atoms with Crippen LogP contribution in [-0.2, 0) is 9.53 Å². The topological polar surface area (TPSA) is 43.4 Å². The van der Waals surface area contributed by atoms with Gasteiger partial charge >= 0.3 is 5.97 Å². The number of carbonyl (C=O) groups is 2. The van der Waals surface area contributed by atoms with E-state index >= 15 is 0 Å². The smallest absolute Gasteiger partial charge is 0.306 e. The Morgan fingerprint density at radius 3 is 1.70 bits per heavy atom. The molecule has 0 saturated carbocycles. The highest BCUT2D eigenvalue weighted by Crippen LogP contribution is 2.27. The molecule has 110 valence electrons. The van der Waals surface area contributed by atoms with Crippen molar-refractivity contribution >= 4 is 11.8 Å². The van der Waals surface area contributed by atoms with Gasteiger partial charge in [0.2, 0.25) is 0 Å². The van der Waals surface area contributed by atoms with Gasteiger partial charge in [-0.05, 0) is 69.4 Å². The molecule has 0 bridgehead atoms. The number of hydrogen-bond donors (Lipinski definition) is 0. The van der Waals surface area contributed by atoms with Gasteiger partial charge in [0.1, 0.15) is 0 Å². The number of hydrogen-bond acceptors (Lipinski definition) is 3. The van der Waals surface area contributed by atoms with Crippen LogP contribution in [0.25, 0.3) is 0 Å². The van der Waals surface area contributed by atoms with Crippen molar-refractivity contribution in [1.29, 1.82) is 0 Å². The number of ether oxygens (including phenoxy) is 1. The second-order valence-electron chi connectivity index (χ2n) is 5.23. The van der Waals surface area contributed by atoms with Crippen molar-refractivity contribution in [2.75, 3.05) is 6.61 Å². The Bertz CT molecular complexity index is 513. The fourth-order valence-electron chi connectivity index (χ4n) is 2.49. The molecule has 1 aromatic rings. The Kier molecular flexibility index (Phi) is 5.49. The third-order valence-corrected chi connectivity index (χ3v) is 4.14. The Labute approximate surface area is 121 Å². The van der Waals surface area contributed by atoms with Gasteiger partial charge in [-0.2, -0.15) is 0 Å². The Hall–Kier alpha value is -1.64. The highest BCUT2D eigenvalue weighted by molar-refractivity contribution is 6.00. The summed E-state index contributed by atoms with van der Waals surface area (Å²) in [4.78, 5) is 23.8. The fraction of sp³-hybridized carbons (Fsp3) is 0.529. The third kappa shape index (κ3) is 3.27. The third-order valence-electron chi connectivity index (χ3n) is 4.14. The van der Waals surface area contributed by atoms with Crippen molar-refractivity contribution in [3.05, 3.63) is 33.4 Å². The van der Waals surface area contributed by atoms with Crippen LogP contribution in [0.1, 0.15) is 57.9 Å². The van der Waals surface area contributed by atoms with Crippen LogP contribution in [0.5, 0.6) is 0 Å². The number of carbonyl (C=O) groups excluding carboxylic acids is 2. The second-order valence-corrected chi connectivity index (χ2v) is 5.23. The molecule has 20 heavy (non-hydrogen) atoms. The van der Waals surface area contributed by atoms with Gasteiger partial charge in [-0.25, -0.2) is 0 Å². The summed E-state index contributed by atoms with van der Waals surface area (Å²) in [5.41, 5.74) is 6.39. The quantitative estimate of drug-likeness (QED) is 0.607. The van der Waals surface area contributed by atoms with E-state index in [9.17, 15) is 9.59 Å². The van der Waals surface area contributed by atoms with Crippen molar-refractivity contribution in [3.8, 4) is 0 Å². The van der Waals surface area contributed by atoms with Crippen LogP contribution in [0.2, 0.25) is 0 Å². The molecule has 0 aliphatic rings. The summed E-state index contributed by atoms with van der Waals surface area (Å²) in [5.74, 6) is -0.282. The summed E-state index contributed by atoms with van der Waals surface area (Å²) in [6.07, 6.45) is 0.361. The Morgan fingerprint density at radius 1 is 0.800 bits per heavy atom. The molecule has 0 fully saturated rings. The van der Waals surface area contributed by atoms with Crippen molar-refractivity contribution in [2.45, 2.75) is 54.4 Å². The lowest BCUT2D eigenvalue weighted by Gasteiger charge is -2.17. The number of esters is 1. The van der Waals surface area contributed by atoms with E-state index in [-0.39, 0.29) is 24.6 Å². The molecule has 0 atom stereocenters. The predicted octanol–water partition coefficient (Wildman–Crippen LogP) is 3.75. The highest BCUT2D eigenvalue weighted by atomic mass is 16.5. The summed E-state index contributed by atoms with van der Waals surface area (Å²) in [5, 5.41) is 0. The lowest BCUT2D eigenvalue weighted by molar-refractivity contribution is -0.143. The summed E-state index contributed by atoms with van der Waals surface area (Å²) >= 11 is 0. The lowest BCUT2D eigenvalue weighted by atomic mass is 9.87. The van der Waals surface area contributed by atoms with E-state index in [1.54, 1.807) is 6.92 Å². The number of ketones is 1. The van der Waals surface area contributed by atoms with Gasteiger partial charge in [0, 0.05) is 12.0 Å². The zero-order chi connectivity index (χ0) is 15.4. The zero-order valence-electron chi connectivity index (χ0n) is 13.3. The van der Waals surface area contributed by atoms with E-state index < -0.39 is 0 Å². The van der Waals surface area contributed by atoms with Crippen LogP contribution in [0.4, 0.5) is 0 Å². The number of Topliss-reactive ketones (excluding diaryl/α,β-unsaturated/α-hetero) is 1. The predicted molar refractivity (Wildman–Crippen MR) is 80.3 cm³/mol. The zero-order valence-corrected chi connectivity index (χ0v) is 13.3. The molecule has 0 radical (unpaired) electrons. The molecule has 0 N–H and O–H groups in total. The molecule has 0 saturated heterocycles. The van der Waals surface area contributed by atoms with Crippen molar-refractivity contribution in [2.24, 2.45) is 0 Å². The fourth-order valence-corrected chi connectivity index (χ4v) is 2.49. The minimum absolute atomic E-state index is 0.0271. The normalized spacial score (nSPS) is 10.5. The van der Waals surface area contributed by atoms with Gasteiger partial charge in [-0.15, -0.1) is 0 Å². The molecule has 0 spiro atoms. The van der Waals surface area contributed by atoms with Crippen molar-refractivity contribution in [3.63, 3.8) is 0 Å². The first kappa shape index (κ1) is 16.4. The first-order valence-electron chi connectivity index (χ1n) is 7.07. The molecule has 0 aromatic heterocycles. The van der Waals surface area contributed by atoms with Gasteiger partial charge in [0.25, 0.3) is 0 Å². The van der Waals surface area contributed by atoms with Gasteiger partial charge in [0.15, 0.2) is 5.78 Å². The van der Waals surface area contributed by atoms with E-state index in [2.05, 4.69) is 6.92 Å². The van der Waals surface area contributed by atoms with E-state index in [1.165, 1.54) is 5.56 Å². The summed E-state index contributed by atoms with van der Waals surface area (Å²) in [6, 6.07) is 0. The van der Waals surface area contributed by atoms with Crippen LogP contribution in [0, 0.1) is 34.6 Å². The molecule has 3 heteroatoms. The molecule has 0 unspecified atom stereocenters. The minimum atomic E-state index is -0.309. The number of benzene rings is 1. The maximum Gasteiger partial charge on any atom is 0.306 e. The Balaban J connectivity index is 3.02. The molecule has 0 aliphatic heterocycles. The molecule has 0 aliphatic carbocycles. The largest absolute Gasteiger partial charge is 0.466 e. The monoisotopic (exact) mass is 276 g/mol. The van der Waals surface area contributed by atoms with Crippen LogP contribution < -0.4 is 0 Å². The summed E-state index contributed by atoms with van der Waals surface area (Å²) < 4.78 is 4.86. The van der Waals surface area contributed by atoms with Gasteiger partial charge in [-0.1, -0.05) is 0 Å². The molecular weight excluding hydrogens is 252 g/mol. The maximum atomic E-state index is 12.4. The molecule has 1 rings (SSSR count). The van der Waals surface area contributed by atoms with Crippen LogP contribution in [0.15, 0.2) is 0 Å². The molecule has 0 heterocycles. The average molecular weight is 276 g/mol. The Morgan fingerprint density at radius 2 is 1.25 bits per heavy atom.